The number of aliphatic hydroxyl groups is 1. The van der Waals surface area contributed by atoms with Gasteiger partial charge in [0, 0.05) is 0 Å². The molecule has 0 bridgehead atoms. The van der Waals surface area contributed by atoms with Gasteiger partial charge in [0.05, 0.1) is 12.1 Å². The monoisotopic (exact) mass is 216 g/mol. The van der Waals surface area contributed by atoms with E-state index in [4.69, 9.17) is 15.9 Å². The van der Waals surface area contributed by atoms with Gasteiger partial charge in [-0.2, -0.15) is 0 Å². The molecule has 6 nitrogen and oxygen atoms in total. The van der Waals surface area contributed by atoms with Gasteiger partial charge in [-0.15, -0.1) is 0 Å². The van der Waals surface area contributed by atoms with Gasteiger partial charge < -0.3 is 21.3 Å². The van der Waals surface area contributed by atoms with E-state index >= 15 is 0 Å². The Balaban J connectivity index is 2.57. The van der Waals surface area contributed by atoms with E-state index in [1.807, 2.05) is 0 Å². The molecule has 2 atom stereocenters. The Morgan fingerprint density at radius 2 is 2.13 bits per heavy atom. The van der Waals surface area contributed by atoms with Crippen LogP contribution in [0, 0.1) is 5.92 Å². The molecule has 5 N–H and O–H groups in total. The highest BCUT2D eigenvalue weighted by molar-refractivity contribution is 5.90. The van der Waals surface area contributed by atoms with Crippen LogP contribution < -0.4 is 11.1 Å². The van der Waals surface area contributed by atoms with Gasteiger partial charge in [-0.25, -0.2) is 4.79 Å². The number of carbonyl (C=O) groups excluding carboxylic acids is 1. The highest BCUT2D eigenvalue weighted by Crippen LogP contribution is 2.38. The number of carboxylic acid groups (broad SMARTS) is 1. The number of aliphatic carboxylic acids is 1. The van der Waals surface area contributed by atoms with Crippen molar-refractivity contribution in [2.75, 3.05) is 6.61 Å². The lowest BCUT2D eigenvalue weighted by molar-refractivity contribution is -0.143. The van der Waals surface area contributed by atoms with Crippen molar-refractivity contribution in [3.63, 3.8) is 0 Å². The van der Waals surface area contributed by atoms with Crippen LogP contribution in [0.3, 0.4) is 0 Å². The SMILES string of the molecule is CC(N)(C(=O)N[C@@H](CO)C(=O)O)C1CC1. The third-order valence-corrected chi connectivity index (χ3v) is 2.70. The lowest BCUT2D eigenvalue weighted by Gasteiger charge is -2.24. The van der Waals surface area contributed by atoms with Crippen LogP contribution in [0.4, 0.5) is 0 Å². The Kier molecular flexibility index (Phi) is 3.31. The molecule has 1 rings (SSSR count). The molecule has 0 aromatic rings. The predicted octanol–water partition coefficient (Wildman–Crippen LogP) is -1.32. The largest absolute Gasteiger partial charge is 0.480 e. The summed E-state index contributed by atoms with van der Waals surface area (Å²) >= 11 is 0. The second-order valence-electron chi connectivity index (χ2n) is 4.10. The first-order chi connectivity index (χ1) is 6.89. The number of nitrogens with two attached hydrogens (primary N) is 1. The first-order valence-electron chi connectivity index (χ1n) is 4.83. The predicted molar refractivity (Wildman–Crippen MR) is 52.0 cm³/mol. The summed E-state index contributed by atoms with van der Waals surface area (Å²) in [5.74, 6) is -1.67. The minimum Gasteiger partial charge on any atom is -0.480 e. The smallest absolute Gasteiger partial charge is 0.328 e. The Morgan fingerprint density at radius 1 is 1.60 bits per heavy atom. The van der Waals surface area contributed by atoms with Crippen molar-refractivity contribution < 1.29 is 19.8 Å². The van der Waals surface area contributed by atoms with E-state index in [2.05, 4.69) is 5.32 Å². The van der Waals surface area contributed by atoms with Crippen LogP contribution in [0.2, 0.25) is 0 Å². The van der Waals surface area contributed by atoms with Crippen LogP contribution in [-0.2, 0) is 9.59 Å². The maximum Gasteiger partial charge on any atom is 0.328 e. The maximum atomic E-state index is 11.6. The molecule has 1 fully saturated rings. The third kappa shape index (κ3) is 2.66. The fraction of sp³-hybridized carbons (Fsp3) is 0.778. The zero-order chi connectivity index (χ0) is 11.6. The van der Waals surface area contributed by atoms with Crippen LogP contribution in [0.5, 0.6) is 0 Å². The van der Waals surface area contributed by atoms with E-state index in [-0.39, 0.29) is 5.92 Å². The van der Waals surface area contributed by atoms with Crippen molar-refractivity contribution >= 4 is 11.9 Å². The second-order valence-corrected chi connectivity index (χ2v) is 4.10. The number of rotatable bonds is 5. The van der Waals surface area contributed by atoms with Crippen molar-refractivity contribution in [3.05, 3.63) is 0 Å². The molecule has 0 saturated heterocycles. The summed E-state index contributed by atoms with van der Waals surface area (Å²) in [5, 5.41) is 19.6. The van der Waals surface area contributed by atoms with Gasteiger partial charge in [-0.3, -0.25) is 4.79 Å². The van der Waals surface area contributed by atoms with Gasteiger partial charge in [0.1, 0.15) is 6.04 Å². The zero-order valence-electron chi connectivity index (χ0n) is 8.56. The number of hydrogen-bond acceptors (Lipinski definition) is 4. The van der Waals surface area contributed by atoms with Gasteiger partial charge in [-0.05, 0) is 25.7 Å². The molecule has 1 amide bonds. The molecule has 1 unspecified atom stereocenters. The van der Waals surface area contributed by atoms with E-state index in [1.165, 1.54) is 0 Å². The molecule has 1 aliphatic rings. The van der Waals surface area contributed by atoms with Crippen LogP contribution >= 0.6 is 0 Å². The molecule has 6 heteroatoms. The van der Waals surface area contributed by atoms with Crippen molar-refractivity contribution in [2.45, 2.75) is 31.3 Å². The molecular formula is C9H16N2O4. The van der Waals surface area contributed by atoms with E-state index in [9.17, 15) is 9.59 Å². The number of hydrogen-bond donors (Lipinski definition) is 4. The molecule has 0 spiro atoms. The van der Waals surface area contributed by atoms with Crippen molar-refractivity contribution in [1.82, 2.24) is 5.32 Å². The first kappa shape index (κ1) is 11.9. The van der Waals surface area contributed by atoms with E-state index < -0.39 is 30.1 Å². The van der Waals surface area contributed by atoms with Gasteiger partial charge in [0.15, 0.2) is 0 Å². The standard InChI is InChI=1S/C9H16N2O4/c1-9(10,5-2-3-5)8(15)11-6(4-12)7(13)14/h5-6,12H,2-4,10H2,1H3,(H,11,15)(H,13,14)/t6-,9?/m0/s1. The van der Waals surface area contributed by atoms with Crippen LogP contribution in [0.15, 0.2) is 0 Å². The Bertz CT molecular complexity index is 273. The third-order valence-electron chi connectivity index (χ3n) is 2.70. The maximum absolute atomic E-state index is 11.6. The van der Waals surface area contributed by atoms with E-state index in [0.29, 0.717) is 0 Å². The minimum absolute atomic E-state index is 0.116. The zero-order valence-corrected chi connectivity index (χ0v) is 8.56. The molecule has 15 heavy (non-hydrogen) atoms. The number of carbonyl (C=O) groups is 2. The summed E-state index contributed by atoms with van der Waals surface area (Å²) in [6.07, 6.45) is 1.77. The summed E-state index contributed by atoms with van der Waals surface area (Å²) in [4.78, 5) is 22.2. The second kappa shape index (κ2) is 4.16. The summed E-state index contributed by atoms with van der Waals surface area (Å²) in [7, 11) is 0. The van der Waals surface area contributed by atoms with Crippen LogP contribution in [0.25, 0.3) is 0 Å². The molecule has 1 aliphatic carbocycles. The molecule has 86 valence electrons. The Morgan fingerprint density at radius 3 is 2.47 bits per heavy atom. The lowest BCUT2D eigenvalue weighted by atomic mass is 9.96. The fourth-order valence-corrected chi connectivity index (χ4v) is 1.37. The molecule has 1 saturated carbocycles. The molecule has 0 radical (unpaired) electrons. The van der Waals surface area contributed by atoms with Crippen molar-refractivity contribution in [2.24, 2.45) is 11.7 Å². The molecule has 0 aromatic carbocycles. The topological polar surface area (TPSA) is 113 Å². The Labute approximate surface area is 87.5 Å². The number of amides is 1. The normalized spacial score (nSPS) is 21.5. The van der Waals surface area contributed by atoms with E-state index in [0.717, 1.165) is 12.8 Å². The fourth-order valence-electron chi connectivity index (χ4n) is 1.37. The average Bonchev–Trinajstić information content (AvgIpc) is 2.95. The van der Waals surface area contributed by atoms with Crippen molar-refractivity contribution in [1.29, 1.82) is 0 Å². The van der Waals surface area contributed by atoms with Gasteiger partial charge in [0.25, 0.3) is 0 Å². The number of nitrogens with one attached hydrogen (secondary N) is 1. The summed E-state index contributed by atoms with van der Waals surface area (Å²) in [6.45, 7) is 0.943. The molecular weight excluding hydrogens is 200 g/mol. The van der Waals surface area contributed by atoms with Gasteiger partial charge in [-0.1, -0.05) is 0 Å². The first-order valence-corrected chi connectivity index (χ1v) is 4.83. The summed E-state index contributed by atoms with van der Waals surface area (Å²) in [6, 6.07) is -1.28. The van der Waals surface area contributed by atoms with Gasteiger partial charge >= 0.3 is 5.97 Å². The highest BCUT2D eigenvalue weighted by atomic mass is 16.4. The summed E-state index contributed by atoms with van der Waals surface area (Å²) < 4.78 is 0. The minimum atomic E-state index is -1.28. The molecule has 0 heterocycles. The quantitative estimate of drug-likeness (QED) is 0.455. The molecule has 0 aliphatic heterocycles. The number of carboxylic acids is 1. The van der Waals surface area contributed by atoms with E-state index in [1.54, 1.807) is 6.92 Å². The number of aliphatic hydroxyl groups excluding tert-OH is 1. The van der Waals surface area contributed by atoms with Crippen LogP contribution in [-0.4, -0.2) is 40.3 Å². The Hall–Kier alpha value is -1.14. The average molecular weight is 216 g/mol. The lowest BCUT2D eigenvalue weighted by Crippen LogP contribution is -2.57. The van der Waals surface area contributed by atoms with Crippen LogP contribution in [0.1, 0.15) is 19.8 Å². The molecule has 0 aromatic heterocycles. The summed E-state index contributed by atoms with van der Waals surface area (Å²) in [5.41, 5.74) is 4.74. The highest BCUT2D eigenvalue weighted by Gasteiger charge is 2.44. The van der Waals surface area contributed by atoms with Gasteiger partial charge in [0.2, 0.25) is 5.91 Å². The van der Waals surface area contributed by atoms with Crippen molar-refractivity contribution in [3.8, 4) is 0 Å².